The molecule has 0 saturated carbocycles. The van der Waals surface area contributed by atoms with Gasteiger partial charge in [0.2, 0.25) is 0 Å². The molecule has 0 aliphatic heterocycles. The minimum atomic E-state index is 0.677. The summed E-state index contributed by atoms with van der Waals surface area (Å²) in [6, 6.07) is 15.8. The molecule has 0 aromatic heterocycles. The van der Waals surface area contributed by atoms with Gasteiger partial charge in [0, 0.05) is 11.4 Å². The van der Waals surface area contributed by atoms with Crippen LogP contribution in [-0.4, -0.2) is 0 Å². The topological polar surface area (TPSA) is 35.8 Å². The summed E-state index contributed by atoms with van der Waals surface area (Å²) in [5.41, 5.74) is 5.29. The second kappa shape index (κ2) is 4.71. The van der Waals surface area contributed by atoms with Crippen LogP contribution in [0.4, 0.5) is 11.4 Å². The largest absolute Gasteiger partial charge is 0.356 e. The van der Waals surface area contributed by atoms with Crippen LogP contribution < -0.4 is 5.32 Å². The van der Waals surface area contributed by atoms with Crippen molar-refractivity contribution in [1.82, 2.24) is 0 Å². The van der Waals surface area contributed by atoms with Gasteiger partial charge in [-0.1, -0.05) is 6.07 Å². The Morgan fingerprint density at radius 2 is 1.53 bits per heavy atom. The molecule has 0 atom stereocenters. The summed E-state index contributed by atoms with van der Waals surface area (Å²) in [6.07, 6.45) is 0. The summed E-state index contributed by atoms with van der Waals surface area (Å²) < 4.78 is 0. The molecular formula is C15H14N2. The van der Waals surface area contributed by atoms with E-state index in [1.807, 2.05) is 24.3 Å². The number of hydrogen-bond acceptors (Lipinski definition) is 2. The zero-order valence-corrected chi connectivity index (χ0v) is 9.99. The Balaban J connectivity index is 2.20. The van der Waals surface area contributed by atoms with Gasteiger partial charge < -0.3 is 5.32 Å². The van der Waals surface area contributed by atoms with E-state index in [0.717, 1.165) is 11.4 Å². The van der Waals surface area contributed by atoms with E-state index >= 15 is 0 Å². The lowest BCUT2D eigenvalue weighted by Gasteiger charge is -2.08. The van der Waals surface area contributed by atoms with E-state index in [4.69, 9.17) is 5.26 Å². The zero-order valence-electron chi connectivity index (χ0n) is 9.99. The van der Waals surface area contributed by atoms with Gasteiger partial charge in [0.25, 0.3) is 0 Å². The quantitative estimate of drug-likeness (QED) is 0.836. The molecule has 2 rings (SSSR count). The lowest BCUT2D eigenvalue weighted by molar-refractivity contribution is 1.34. The zero-order chi connectivity index (χ0) is 12.3. The highest BCUT2D eigenvalue weighted by Gasteiger charge is 1.97. The van der Waals surface area contributed by atoms with Crippen molar-refractivity contribution in [2.45, 2.75) is 13.8 Å². The van der Waals surface area contributed by atoms with Gasteiger partial charge in [0.05, 0.1) is 11.6 Å². The third-order valence-electron chi connectivity index (χ3n) is 2.81. The molecule has 2 aromatic carbocycles. The fourth-order valence-corrected chi connectivity index (χ4v) is 1.61. The van der Waals surface area contributed by atoms with Gasteiger partial charge in [0.15, 0.2) is 0 Å². The van der Waals surface area contributed by atoms with Crippen LogP contribution in [0.25, 0.3) is 0 Å². The SMILES string of the molecule is Cc1ccc(Nc2ccc(C#N)cc2)cc1C. The van der Waals surface area contributed by atoms with E-state index in [2.05, 4.69) is 43.4 Å². The van der Waals surface area contributed by atoms with Crippen molar-refractivity contribution >= 4 is 11.4 Å². The first-order valence-corrected chi connectivity index (χ1v) is 5.53. The molecule has 0 amide bonds. The van der Waals surface area contributed by atoms with Crippen LogP contribution >= 0.6 is 0 Å². The molecule has 0 bridgehead atoms. The maximum absolute atomic E-state index is 8.71. The second-order valence-corrected chi connectivity index (χ2v) is 4.11. The predicted molar refractivity (Wildman–Crippen MR) is 70.4 cm³/mol. The summed E-state index contributed by atoms with van der Waals surface area (Å²) in [4.78, 5) is 0. The predicted octanol–water partition coefficient (Wildman–Crippen LogP) is 3.92. The number of anilines is 2. The molecule has 0 aliphatic carbocycles. The Kier molecular flexibility index (Phi) is 3.11. The van der Waals surface area contributed by atoms with Crippen LogP contribution in [0.15, 0.2) is 42.5 Å². The number of benzene rings is 2. The number of hydrogen-bond donors (Lipinski definition) is 1. The molecule has 0 unspecified atom stereocenters. The molecule has 2 aromatic rings. The lowest BCUT2D eigenvalue weighted by atomic mass is 10.1. The molecule has 0 aliphatic rings. The van der Waals surface area contributed by atoms with Gasteiger partial charge in [-0.25, -0.2) is 0 Å². The van der Waals surface area contributed by atoms with Crippen molar-refractivity contribution in [1.29, 1.82) is 5.26 Å². The van der Waals surface area contributed by atoms with Gasteiger partial charge in [-0.05, 0) is 61.4 Å². The molecule has 84 valence electrons. The highest BCUT2D eigenvalue weighted by molar-refractivity contribution is 5.61. The molecule has 0 fully saturated rings. The summed E-state index contributed by atoms with van der Waals surface area (Å²) in [5.74, 6) is 0. The Labute approximate surface area is 102 Å². The van der Waals surface area contributed by atoms with Gasteiger partial charge >= 0.3 is 0 Å². The maximum atomic E-state index is 8.71. The first-order chi connectivity index (χ1) is 8.19. The molecule has 1 N–H and O–H groups in total. The third kappa shape index (κ3) is 2.64. The standard InChI is InChI=1S/C15H14N2/c1-11-3-6-15(9-12(11)2)17-14-7-4-13(10-16)5-8-14/h3-9,17H,1-2H3. The van der Waals surface area contributed by atoms with E-state index in [-0.39, 0.29) is 0 Å². The summed E-state index contributed by atoms with van der Waals surface area (Å²) >= 11 is 0. The van der Waals surface area contributed by atoms with Crippen molar-refractivity contribution in [2.24, 2.45) is 0 Å². The molecule has 0 saturated heterocycles. The molecule has 2 nitrogen and oxygen atoms in total. The Morgan fingerprint density at radius 3 is 2.12 bits per heavy atom. The summed E-state index contributed by atoms with van der Waals surface area (Å²) in [5, 5.41) is 12.0. The van der Waals surface area contributed by atoms with Crippen LogP contribution in [-0.2, 0) is 0 Å². The molecule has 0 heterocycles. The molecule has 0 spiro atoms. The Bertz CT molecular complexity index is 562. The van der Waals surface area contributed by atoms with Gasteiger partial charge in [-0.15, -0.1) is 0 Å². The summed E-state index contributed by atoms with van der Waals surface area (Å²) in [7, 11) is 0. The first kappa shape index (κ1) is 11.2. The Hall–Kier alpha value is -2.27. The fourth-order valence-electron chi connectivity index (χ4n) is 1.61. The molecule has 2 heteroatoms. The first-order valence-electron chi connectivity index (χ1n) is 5.53. The lowest BCUT2D eigenvalue weighted by Crippen LogP contribution is -1.91. The average Bonchev–Trinajstić information content (AvgIpc) is 2.35. The van der Waals surface area contributed by atoms with E-state index in [1.165, 1.54) is 11.1 Å². The Morgan fingerprint density at radius 1 is 0.882 bits per heavy atom. The molecular weight excluding hydrogens is 208 g/mol. The van der Waals surface area contributed by atoms with Gasteiger partial charge in [0.1, 0.15) is 0 Å². The fraction of sp³-hybridized carbons (Fsp3) is 0.133. The maximum Gasteiger partial charge on any atom is 0.0991 e. The van der Waals surface area contributed by atoms with Gasteiger partial charge in [-0.3, -0.25) is 0 Å². The van der Waals surface area contributed by atoms with Crippen molar-refractivity contribution in [3.63, 3.8) is 0 Å². The number of nitrogens with one attached hydrogen (secondary N) is 1. The minimum Gasteiger partial charge on any atom is -0.356 e. The second-order valence-electron chi connectivity index (χ2n) is 4.11. The number of aryl methyl sites for hydroxylation is 2. The van der Waals surface area contributed by atoms with Crippen LogP contribution in [0.1, 0.15) is 16.7 Å². The minimum absolute atomic E-state index is 0.677. The van der Waals surface area contributed by atoms with E-state index in [1.54, 1.807) is 0 Å². The van der Waals surface area contributed by atoms with Crippen LogP contribution in [0, 0.1) is 25.2 Å². The van der Waals surface area contributed by atoms with E-state index in [0.29, 0.717) is 5.56 Å². The number of nitrogens with zero attached hydrogens (tertiary/aromatic N) is 1. The molecule has 0 radical (unpaired) electrons. The summed E-state index contributed by atoms with van der Waals surface area (Å²) in [6.45, 7) is 4.19. The normalized spacial score (nSPS) is 9.71. The van der Waals surface area contributed by atoms with Crippen LogP contribution in [0.5, 0.6) is 0 Å². The highest BCUT2D eigenvalue weighted by Crippen LogP contribution is 2.19. The van der Waals surface area contributed by atoms with E-state index in [9.17, 15) is 0 Å². The van der Waals surface area contributed by atoms with Crippen molar-refractivity contribution in [3.05, 3.63) is 59.2 Å². The molecule has 17 heavy (non-hydrogen) atoms. The van der Waals surface area contributed by atoms with Crippen molar-refractivity contribution < 1.29 is 0 Å². The average molecular weight is 222 g/mol. The monoisotopic (exact) mass is 222 g/mol. The number of rotatable bonds is 2. The van der Waals surface area contributed by atoms with Crippen LogP contribution in [0.2, 0.25) is 0 Å². The smallest absolute Gasteiger partial charge is 0.0991 e. The number of nitriles is 1. The third-order valence-corrected chi connectivity index (χ3v) is 2.81. The van der Waals surface area contributed by atoms with Crippen molar-refractivity contribution in [3.8, 4) is 6.07 Å². The van der Waals surface area contributed by atoms with Crippen molar-refractivity contribution in [2.75, 3.05) is 5.32 Å². The van der Waals surface area contributed by atoms with Gasteiger partial charge in [-0.2, -0.15) is 5.26 Å². The van der Waals surface area contributed by atoms with Crippen LogP contribution in [0.3, 0.4) is 0 Å². The highest BCUT2D eigenvalue weighted by atomic mass is 14.9. The van der Waals surface area contributed by atoms with E-state index < -0.39 is 0 Å².